The van der Waals surface area contributed by atoms with Gasteiger partial charge >= 0.3 is 0 Å². The maximum Gasteiger partial charge on any atom is 0.110 e. The van der Waals surface area contributed by atoms with Crippen LogP contribution in [-0.4, -0.2) is 5.60 Å². The number of hydrogen-bond acceptors (Lipinski definition) is 1. The summed E-state index contributed by atoms with van der Waals surface area (Å²) < 4.78 is 5.72. The van der Waals surface area contributed by atoms with Gasteiger partial charge in [0.2, 0.25) is 0 Å². The summed E-state index contributed by atoms with van der Waals surface area (Å²) in [6, 6.07) is 0. The zero-order valence-electron chi connectivity index (χ0n) is 13.4. The molecule has 0 saturated heterocycles. The van der Waals surface area contributed by atoms with E-state index in [1.54, 1.807) is 5.57 Å². The quantitative estimate of drug-likeness (QED) is 0.418. The minimum atomic E-state index is -0.193. The summed E-state index contributed by atoms with van der Waals surface area (Å²) in [4.78, 5) is 0. The molecule has 0 bridgehead atoms. The van der Waals surface area contributed by atoms with Gasteiger partial charge in [0, 0.05) is 5.41 Å². The van der Waals surface area contributed by atoms with Crippen LogP contribution in [0.2, 0.25) is 0 Å². The summed E-state index contributed by atoms with van der Waals surface area (Å²) in [6.07, 6.45) is 4.71. The standard InChI is InChI=1S/C16H28IOP/c1-14(2,3)11-9-8-10-12(13(11)19)15(4,5)16(6,7)18-17/h10H,8-9,19H2,1-7H3. The smallest absolute Gasteiger partial charge is 0.110 e. The van der Waals surface area contributed by atoms with Crippen molar-refractivity contribution >= 4 is 32.2 Å². The van der Waals surface area contributed by atoms with Gasteiger partial charge in [-0.2, -0.15) is 0 Å². The van der Waals surface area contributed by atoms with Gasteiger partial charge in [-0.1, -0.05) is 46.3 Å². The van der Waals surface area contributed by atoms with Crippen LogP contribution in [-0.2, 0) is 3.07 Å². The Balaban J connectivity index is 3.29. The summed E-state index contributed by atoms with van der Waals surface area (Å²) in [7, 11) is 2.99. The van der Waals surface area contributed by atoms with Crippen molar-refractivity contribution in [1.29, 1.82) is 0 Å². The molecule has 1 unspecified atom stereocenters. The van der Waals surface area contributed by atoms with Crippen molar-refractivity contribution in [2.24, 2.45) is 10.8 Å². The Kier molecular flexibility index (Phi) is 5.36. The van der Waals surface area contributed by atoms with E-state index in [1.165, 1.54) is 17.3 Å². The van der Waals surface area contributed by atoms with Crippen molar-refractivity contribution in [3.8, 4) is 0 Å². The lowest BCUT2D eigenvalue weighted by Crippen LogP contribution is -2.41. The maximum absolute atomic E-state index is 5.72. The highest BCUT2D eigenvalue weighted by atomic mass is 127. The van der Waals surface area contributed by atoms with Gasteiger partial charge in [0.05, 0.1) is 5.60 Å². The lowest BCUT2D eigenvalue weighted by Gasteiger charge is -2.44. The first-order valence-electron chi connectivity index (χ1n) is 6.95. The van der Waals surface area contributed by atoms with Crippen molar-refractivity contribution in [2.75, 3.05) is 0 Å². The third kappa shape index (κ3) is 3.44. The molecule has 0 fully saturated rings. The lowest BCUT2D eigenvalue weighted by molar-refractivity contribution is 0.0555. The van der Waals surface area contributed by atoms with E-state index in [2.05, 4.69) is 63.8 Å². The van der Waals surface area contributed by atoms with Gasteiger partial charge in [0.1, 0.15) is 23.0 Å². The molecular weight excluding hydrogens is 366 g/mol. The van der Waals surface area contributed by atoms with Crippen LogP contribution < -0.4 is 0 Å². The molecule has 0 amide bonds. The number of hydrogen-bond donors (Lipinski definition) is 0. The molecule has 0 heterocycles. The van der Waals surface area contributed by atoms with Gasteiger partial charge in [-0.05, 0) is 43.0 Å². The Morgan fingerprint density at radius 2 is 1.63 bits per heavy atom. The van der Waals surface area contributed by atoms with Crippen molar-refractivity contribution in [3.05, 3.63) is 22.5 Å². The molecule has 3 heteroatoms. The van der Waals surface area contributed by atoms with Crippen molar-refractivity contribution < 1.29 is 3.07 Å². The highest BCUT2D eigenvalue weighted by molar-refractivity contribution is 14.1. The molecule has 1 aliphatic carbocycles. The third-order valence-corrected chi connectivity index (χ3v) is 6.40. The second kappa shape index (κ2) is 5.77. The molecule has 110 valence electrons. The van der Waals surface area contributed by atoms with Crippen LogP contribution in [0.25, 0.3) is 0 Å². The second-order valence-electron chi connectivity index (χ2n) is 7.51. The fourth-order valence-electron chi connectivity index (χ4n) is 2.56. The minimum Gasteiger partial charge on any atom is -0.309 e. The van der Waals surface area contributed by atoms with Gasteiger partial charge in [0.15, 0.2) is 0 Å². The van der Waals surface area contributed by atoms with E-state index in [4.69, 9.17) is 3.07 Å². The second-order valence-corrected chi connectivity index (χ2v) is 8.53. The molecule has 1 atom stereocenters. The number of rotatable bonds is 3. The maximum atomic E-state index is 5.72. The molecule has 0 aromatic rings. The van der Waals surface area contributed by atoms with Gasteiger partial charge in [0.25, 0.3) is 0 Å². The van der Waals surface area contributed by atoms with Gasteiger partial charge < -0.3 is 3.07 Å². The average molecular weight is 394 g/mol. The van der Waals surface area contributed by atoms with Crippen LogP contribution in [0.5, 0.6) is 0 Å². The summed E-state index contributed by atoms with van der Waals surface area (Å²) in [5.41, 5.74) is 3.02. The van der Waals surface area contributed by atoms with Crippen LogP contribution in [0, 0.1) is 10.8 Å². The highest BCUT2D eigenvalue weighted by Crippen LogP contribution is 2.51. The third-order valence-electron chi connectivity index (χ3n) is 4.63. The van der Waals surface area contributed by atoms with Crippen LogP contribution in [0.1, 0.15) is 61.3 Å². The molecule has 0 radical (unpaired) electrons. The molecule has 1 aliphatic rings. The first-order chi connectivity index (χ1) is 8.45. The van der Waals surface area contributed by atoms with E-state index in [-0.39, 0.29) is 16.4 Å². The van der Waals surface area contributed by atoms with E-state index >= 15 is 0 Å². The zero-order valence-corrected chi connectivity index (χ0v) is 16.7. The number of allylic oxidation sites excluding steroid dienone is 3. The van der Waals surface area contributed by atoms with Crippen LogP contribution in [0.15, 0.2) is 22.5 Å². The lowest BCUT2D eigenvalue weighted by atomic mass is 9.67. The largest absolute Gasteiger partial charge is 0.309 e. The normalized spacial score (nSPS) is 18.7. The van der Waals surface area contributed by atoms with Crippen molar-refractivity contribution in [1.82, 2.24) is 0 Å². The van der Waals surface area contributed by atoms with Crippen LogP contribution >= 0.6 is 32.2 Å². The topological polar surface area (TPSA) is 9.23 Å². The Hall–Kier alpha value is 0.600. The molecule has 0 N–H and O–H groups in total. The highest BCUT2D eigenvalue weighted by Gasteiger charge is 2.42. The van der Waals surface area contributed by atoms with Gasteiger partial charge in [-0.15, -0.1) is 9.24 Å². The Bertz CT molecular complexity index is 411. The van der Waals surface area contributed by atoms with Crippen molar-refractivity contribution in [2.45, 2.75) is 66.9 Å². The van der Waals surface area contributed by atoms with E-state index < -0.39 is 0 Å². The Morgan fingerprint density at radius 3 is 2.05 bits per heavy atom. The van der Waals surface area contributed by atoms with Gasteiger partial charge in [-0.25, -0.2) is 0 Å². The molecule has 0 spiro atoms. The van der Waals surface area contributed by atoms with E-state index in [0.717, 1.165) is 6.42 Å². The number of halogens is 1. The Labute approximate surface area is 135 Å². The van der Waals surface area contributed by atoms with E-state index in [0.29, 0.717) is 0 Å². The summed E-state index contributed by atoms with van der Waals surface area (Å²) in [5, 5.41) is 1.39. The molecular formula is C16H28IOP. The molecule has 19 heavy (non-hydrogen) atoms. The van der Waals surface area contributed by atoms with Crippen LogP contribution in [0.3, 0.4) is 0 Å². The minimum absolute atomic E-state index is 0.0117. The molecule has 0 saturated carbocycles. The van der Waals surface area contributed by atoms with Crippen LogP contribution in [0.4, 0.5) is 0 Å². The molecule has 1 nitrogen and oxygen atoms in total. The average Bonchev–Trinajstić information content (AvgIpc) is 2.27. The zero-order chi connectivity index (χ0) is 15.1. The SMILES string of the molecule is CC(C)(C)C1=C(P)C(C(C)(C)C(C)(C)OI)=CCC1. The molecule has 0 aromatic heterocycles. The van der Waals surface area contributed by atoms with Crippen molar-refractivity contribution in [3.63, 3.8) is 0 Å². The predicted octanol–water partition coefficient (Wildman–Crippen LogP) is 6.05. The van der Waals surface area contributed by atoms with E-state index in [9.17, 15) is 0 Å². The predicted molar refractivity (Wildman–Crippen MR) is 96.5 cm³/mol. The summed E-state index contributed by atoms with van der Waals surface area (Å²) in [5.74, 6) is 0. The fourth-order valence-corrected chi connectivity index (χ4v) is 4.17. The van der Waals surface area contributed by atoms with E-state index in [1.807, 2.05) is 23.0 Å². The first kappa shape index (κ1) is 17.7. The van der Waals surface area contributed by atoms with Gasteiger partial charge in [-0.3, -0.25) is 0 Å². The first-order valence-corrected chi connectivity index (χ1v) is 8.41. The fraction of sp³-hybridized carbons (Fsp3) is 0.750. The molecule has 1 rings (SSSR count). The summed E-state index contributed by atoms with van der Waals surface area (Å²) in [6.45, 7) is 15.8. The molecule has 0 aromatic carbocycles. The summed E-state index contributed by atoms with van der Waals surface area (Å²) >= 11 is 2.03. The monoisotopic (exact) mass is 394 g/mol. The molecule has 0 aliphatic heterocycles. The Morgan fingerprint density at radius 1 is 1.11 bits per heavy atom.